The summed E-state index contributed by atoms with van der Waals surface area (Å²) in [6, 6.07) is 0. The Bertz CT molecular complexity index is 460. The maximum Gasteiger partial charge on any atom is 0.136 e. The third-order valence-corrected chi connectivity index (χ3v) is 4.15. The molecule has 0 amide bonds. The number of nitrogens with zero attached hydrogens (tertiary/aromatic N) is 2. The van der Waals surface area contributed by atoms with E-state index in [0.717, 1.165) is 30.0 Å². The van der Waals surface area contributed by atoms with Crippen molar-refractivity contribution < 1.29 is 5.11 Å². The van der Waals surface area contributed by atoms with E-state index in [2.05, 4.69) is 15.3 Å². The maximum absolute atomic E-state index is 10.2. The molecule has 0 spiro atoms. The molecular weight excluding hydrogens is 260 g/mol. The van der Waals surface area contributed by atoms with Gasteiger partial charge in [-0.05, 0) is 32.9 Å². The number of aromatic nitrogens is 2. The normalized spacial score (nSPS) is 18.1. The molecule has 1 fully saturated rings. The Labute approximate surface area is 118 Å². The first-order chi connectivity index (χ1) is 8.93. The average molecular weight is 282 g/mol. The zero-order valence-electron chi connectivity index (χ0n) is 11.7. The number of thioether (sulfide) groups is 1. The van der Waals surface area contributed by atoms with Gasteiger partial charge in [-0.15, -0.1) is 0 Å². The molecule has 4 N–H and O–H groups in total. The van der Waals surface area contributed by atoms with Crippen molar-refractivity contribution in [3.8, 4) is 0 Å². The van der Waals surface area contributed by atoms with Crippen LogP contribution in [0.1, 0.15) is 37.1 Å². The Morgan fingerprint density at radius 3 is 2.74 bits per heavy atom. The highest BCUT2D eigenvalue weighted by Crippen LogP contribution is 2.39. The molecule has 1 aliphatic carbocycles. The molecule has 1 atom stereocenters. The minimum absolute atomic E-state index is 0.454. The van der Waals surface area contributed by atoms with Crippen LogP contribution in [0.5, 0.6) is 0 Å². The first-order valence-electron chi connectivity index (χ1n) is 6.52. The fraction of sp³-hybridized carbons (Fsp3) is 0.692. The van der Waals surface area contributed by atoms with Gasteiger partial charge in [-0.3, -0.25) is 0 Å². The van der Waals surface area contributed by atoms with E-state index in [1.54, 1.807) is 11.8 Å². The zero-order valence-corrected chi connectivity index (χ0v) is 12.5. The van der Waals surface area contributed by atoms with Crippen molar-refractivity contribution in [2.45, 2.75) is 38.2 Å². The van der Waals surface area contributed by atoms with Gasteiger partial charge in [0.2, 0.25) is 0 Å². The van der Waals surface area contributed by atoms with Crippen LogP contribution < -0.4 is 11.1 Å². The van der Waals surface area contributed by atoms with Gasteiger partial charge >= 0.3 is 0 Å². The maximum atomic E-state index is 10.2. The standard InChI is InChI=1S/C13H22N4OS/c1-8-10(14)16-12(9-4-5-9)17-11(8)15-6-13(2,18)7-19-3/h9,18H,4-7H2,1-3H3,(H3,14,15,16,17). The van der Waals surface area contributed by atoms with Gasteiger partial charge in [-0.1, -0.05) is 0 Å². The number of hydrogen-bond acceptors (Lipinski definition) is 6. The summed E-state index contributed by atoms with van der Waals surface area (Å²) < 4.78 is 0. The van der Waals surface area contributed by atoms with Crippen molar-refractivity contribution in [3.05, 3.63) is 11.4 Å². The van der Waals surface area contributed by atoms with Crippen LogP contribution in [0.4, 0.5) is 11.6 Å². The van der Waals surface area contributed by atoms with Crippen LogP contribution in [0.15, 0.2) is 0 Å². The molecule has 1 unspecified atom stereocenters. The van der Waals surface area contributed by atoms with Crippen molar-refractivity contribution >= 4 is 23.4 Å². The first-order valence-corrected chi connectivity index (χ1v) is 7.91. The number of hydrogen-bond donors (Lipinski definition) is 3. The lowest BCUT2D eigenvalue weighted by atomic mass is 10.1. The van der Waals surface area contributed by atoms with Crippen LogP contribution in [0.2, 0.25) is 0 Å². The molecule has 0 radical (unpaired) electrons. The largest absolute Gasteiger partial charge is 0.387 e. The SMILES string of the molecule is CSCC(C)(O)CNc1nc(C2CC2)nc(N)c1C. The van der Waals surface area contributed by atoms with E-state index in [-0.39, 0.29) is 0 Å². The highest BCUT2D eigenvalue weighted by Gasteiger charge is 2.28. The summed E-state index contributed by atoms with van der Waals surface area (Å²) in [5.41, 5.74) is 6.02. The van der Waals surface area contributed by atoms with Crippen LogP contribution in [0.25, 0.3) is 0 Å². The topological polar surface area (TPSA) is 84.1 Å². The highest BCUT2D eigenvalue weighted by molar-refractivity contribution is 7.98. The monoisotopic (exact) mass is 282 g/mol. The second-order valence-electron chi connectivity index (χ2n) is 5.50. The number of rotatable bonds is 6. The molecule has 0 bridgehead atoms. The molecule has 19 heavy (non-hydrogen) atoms. The summed E-state index contributed by atoms with van der Waals surface area (Å²) in [5.74, 6) is 3.25. The van der Waals surface area contributed by atoms with E-state index in [0.29, 0.717) is 24.0 Å². The van der Waals surface area contributed by atoms with Gasteiger partial charge in [0.1, 0.15) is 17.5 Å². The van der Waals surface area contributed by atoms with Gasteiger partial charge in [0.15, 0.2) is 0 Å². The van der Waals surface area contributed by atoms with Crippen molar-refractivity contribution in [3.63, 3.8) is 0 Å². The summed E-state index contributed by atoms with van der Waals surface area (Å²) in [6.45, 7) is 4.17. The lowest BCUT2D eigenvalue weighted by molar-refractivity contribution is 0.0996. The molecule has 0 saturated heterocycles. The third-order valence-electron chi connectivity index (χ3n) is 3.24. The summed E-state index contributed by atoms with van der Waals surface area (Å²) in [6.07, 6.45) is 4.27. The Balaban J connectivity index is 2.10. The lowest BCUT2D eigenvalue weighted by Crippen LogP contribution is -2.36. The van der Waals surface area contributed by atoms with Crippen LogP contribution >= 0.6 is 11.8 Å². The minimum atomic E-state index is -0.759. The quantitative estimate of drug-likeness (QED) is 0.737. The van der Waals surface area contributed by atoms with Gasteiger partial charge < -0.3 is 16.2 Å². The van der Waals surface area contributed by atoms with Crippen molar-refractivity contribution in [2.24, 2.45) is 0 Å². The summed E-state index contributed by atoms with van der Waals surface area (Å²) >= 11 is 1.62. The number of nitrogens with two attached hydrogens (primary N) is 1. The molecule has 6 heteroatoms. The number of aliphatic hydroxyl groups is 1. The predicted octanol–water partition coefficient (Wildman–Crippen LogP) is 1.77. The van der Waals surface area contributed by atoms with E-state index in [1.807, 2.05) is 20.1 Å². The molecular formula is C13H22N4OS. The molecule has 1 saturated carbocycles. The van der Waals surface area contributed by atoms with E-state index in [1.165, 1.54) is 0 Å². The average Bonchev–Trinajstić information content (AvgIpc) is 3.15. The van der Waals surface area contributed by atoms with Crippen LogP contribution in [-0.4, -0.2) is 39.2 Å². The molecule has 1 aromatic rings. The zero-order chi connectivity index (χ0) is 14.0. The Morgan fingerprint density at radius 1 is 1.47 bits per heavy atom. The van der Waals surface area contributed by atoms with Gasteiger partial charge in [0.25, 0.3) is 0 Å². The Morgan fingerprint density at radius 2 is 2.16 bits per heavy atom. The smallest absolute Gasteiger partial charge is 0.136 e. The van der Waals surface area contributed by atoms with E-state index < -0.39 is 5.60 Å². The Hall–Kier alpha value is -1.01. The summed E-state index contributed by atoms with van der Waals surface area (Å²) in [5, 5.41) is 13.4. The van der Waals surface area contributed by atoms with Crippen molar-refractivity contribution in [2.75, 3.05) is 29.6 Å². The van der Waals surface area contributed by atoms with E-state index >= 15 is 0 Å². The second-order valence-corrected chi connectivity index (χ2v) is 6.36. The fourth-order valence-electron chi connectivity index (χ4n) is 1.88. The molecule has 1 aromatic heterocycles. The second kappa shape index (κ2) is 5.54. The van der Waals surface area contributed by atoms with Crippen LogP contribution in [0.3, 0.4) is 0 Å². The molecule has 0 aromatic carbocycles. The third kappa shape index (κ3) is 3.73. The van der Waals surface area contributed by atoms with Crippen LogP contribution in [0, 0.1) is 6.92 Å². The summed E-state index contributed by atoms with van der Waals surface area (Å²) in [7, 11) is 0. The van der Waals surface area contributed by atoms with Crippen LogP contribution in [-0.2, 0) is 0 Å². The number of nitrogens with one attached hydrogen (secondary N) is 1. The molecule has 0 aliphatic heterocycles. The van der Waals surface area contributed by atoms with Gasteiger partial charge in [-0.2, -0.15) is 11.8 Å². The van der Waals surface area contributed by atoms with Crippen molar-refractivity contribution in [1.29, 1.82) is 0 Å². The summed E-state index contributed by atoms with van der Waals surface area (Å²) in [4.78, 5) is 8.87. The minimum Gasteiger partial charge on any atom is -0.387 e. The Kier molecular flexibility index (Phi) is 4.20. The van der Waals surface area contributed by atoms with Crippen molar-refractivity contribution in [1.82, 2.24) is 9.97 Å². The lowest BCUT2D eigenvalue weighted by Gasteiger charge is -2.23. The first kappa shape index (κ1) is 14.4. The molecule has 106 valence electrons. The van der Waals surface area contributed by atoms with E-state index in [4.69, 9.17) is 5.73 Å². The van der Waals surface area contributed by atoms with Gasteiger partial charge in [0.05, 0.1) is 5.60 Å². The predicted molar refractivity (Wildman–Crippen MR) is 80.7 cm³/mol. The number of nitrogen functional groups attached to an aromatic ring is 1. The molecule has 5 nitrogen and oxygen atoms in total. The molecule has 1 heterocycles. The highest BCUT2D eigenvalue weighted by atomic mass is 32.2. The van der Waals surface area contributed by atoms with E-state index in [9.17, 15) is 5.11 Å². The van der Waals surface area contributed by atoms with Gasteiger partial charge in [0, 0.05) is 23.8 Å². The molecule has 2 rings (SSSR count). The number of anilines is 2. The van der Waals surface area contributed by atoms with Gasteiger partial charge in [-0.25, -0.2) is 9.97 Å². The fourth-order valence-corrected chi connectivity index (χ4v) is 2.61. The molecule has 1 aliphatic rings.